The fourth-order valence-electron chi connectivity index (χ4n) is 1.48. The summed E-state index contributed by atoms with van der Waals surface area (Å²) in [7, 11) is 0. The highest BCUT2D eigenvalue weighted by atomic mass is 16.7. The predicted octanol–water partition coefficient (Wildman–Crippen LogP) is 2.31. The van der Waals surface area contributed by atoms with E-state index in [4.69, 9.17) is 14.2 Å². The van der Waals surface area contributed by atoms with Crippen LogP contribution in [0.5, 0.6) is 0 Å². The fraction of sp³-hybridized carbons (Fsp3) is 0.500. The van der Waals surface area contributed by atoms with E-state index in [0.29, 0.717) is 13.2 Å². The fourth-order valence-corrected chi connectivity index (χ4v) is 1.48. The van der Waals surface area contributed by atoms with E-state index in [1.807, 2.05) is 44.2 Å². The summed E-state index contributed by atoms with van der Waals surface area (Å²) in [4.78, 5) is 11.5. The smallest absolute Gasteiger partial charge is 0.407 e. The zero-order chi connectivity index (χ0) is 13.9. The van der Waals surface area contributed by atoms with Gasteiger partial charge in [0, 0.05) is 13.2 Å². The number of carbonyl (C=O) groups is 1. The maximum Gasteiger partial charge on any atom is 0.407 e. The van der Waals surface area contributed by atoms with Gasteiger partial charge in [0.15, 0.2) is 6.29 Å². The van der Waals surface area contributed by atoms with Gasteiger partial charge in [0.2, 0.25) is 0 Å². The Bertz CT molecular complexity index is 350. The number of amides is 1. The molecule has 0 aromatic heterocycles. The van der Waals surface area contributed by atoms with Gasteiger partial charge in [-0.15, -0.1) is 0 Å². The molecule has 1 N–H and O–H groups in total. The third-order valence-electron chi connectivity index (χ3n) is 2.33. The Morgan fingerprint density at radius 2 is 1.79 bits per heavy atom. The molecule has 0 saturated heterocycles. The van der Waals surface area contributed by atoms with Gasteiger partial charge in [-0.2, -0.15) is 0 Å². The Morgan fingerprint density at radius 1 is 1.16 bits per heavy atom. The highest BCUT2D eigenvalue weighted by Gasteiger charge is 2.10. The minimum atomic E-state index is -0.478. The van der Waals surface area contributed by atoms with Crippen LogP contribution in [0.15, 0.2) is 30.3 Å². The van der Waals surface area contributed by atoms with E-state index in [2.05, 4.69) is 5.32 Å². The van der Waals surface area contributed by atoms with Crippen LogP contribution in [0.25, 0.3) is 0 Å². The molecule has 106 valence electrons. The van der Waals surface area contributed by atoms with Crippen LogP contribution < -0.4 is 5.32 Å². The molecule has 0 heterocycles. The van der Waals surface area contributed by atoms with Crippen LogP contribution in [0, 0.1) is 0 Å². The molecule has 1 amide bonds. The van der Waals surface area contributed by atoms with Crippen molar-refractivity contribution in [1.82, 2.24) is 5.32 Å². The molecular formula is C14H21NO4. The summed E-state index contributed by atoms with van der Waals surface area (Å²) >= 11 is 0. The molecular weight excluding hydrogens is 246 g/mol. The zero-order valence-electron chi connectivity index (χ0n) is 11.4. The lowest BCUT2D eigenvalue weighted by Crippen LogP contribution is -2.35. The molecule has 1 aromatic rings. The van der Waals surface area contributed by atoms with Crippen LogP contribution in [-0.4, -0.2) is 32.1 Å². The first kappa shape index (κ1) is 15.5. The number of nitrogens with one attached hydrogen (secondary N) is 1. The van der Waals surface area contributed by atoms with Crippen molar-refractivity contribution < 1.29 is 19.0 Å². The summed E-state index contributed by atoms with van der Waals surface area (Å²) in [6, 6.07) is 9.51. The van der Waals surface area contributed by atoms with E-state index >= 15 is 0 Å². The quantitative estimate of drug-likeness (QED) is 0.734. The van der Waals surface area contributed by atoms with E-state index in [1.165, 1.54) is 0 Å². The van der Waals surface area contributed by atoms with Crippen molar-refractivity contribution in [3.8, 4) is 0 Å². The molecule has 0 bridgehead atoms. The van der Waals surface area contributed by atoms with E-state index in [-0.39, 0.29) is 13.2 Å². The number of benzene rings is 1. The summed E-state index contributed by atoms with van der Waals surface area (Å²) < 4.78 is 15.7. The van der Waals surface area contributed by atoms with Crippen LogP contribution >= 0.6 is 0 Å². The molecule has 19 heavy (non-hydrogen) atoms. The van der Waals surface area contributed by atoms with Crippen molar-refractivity contribution in [1.29, 1.82) is 0 Å². The van der Waals surface area contributed by atoms with E-state index in [9.17, 15) is 4.79 Å². The predicted molar refractivity (Wildman–Crippen MR) is 71.7 cm³/mol. The van der Waals surface area contributed by atoms with Crippen LogP contribution in [0.1, 0.15) is 19.4 Å². The molecule has 0 aliphatic heterocycles. The van der Waals surface area contributed by atoms with Crippen LogP contribution in [-0.2, 0) is 20.8 Å². The van der Waals surface area contributed by atoms with Crippen LogP contribution in [0.2, 0.25) is 0 Å². The largest absolute Gasteiger partial charge is 0.445 e. The van der Waals surface area contributed by atoms with Crippen molar-refractivity contribution in [2.24, 2.45) is 0 Å². The molecule has 0 spiro atoms. The number of rotatable bonds is 8. The zero-order valence-corrected chi connectivity index (χ0v) is 11.4. The second kappa shape index (κ2) is 9.35. The minimum absolute atomic E-state index is 0.251. The summed E-state index contributed by atoms with van der Waals surface area (Å²) in [6.45, 7) is 5.34. The summed E-state index contributed by atoms with van der Waals surface area (Å²) in [5.41, 5.74) is 0.948. The van der Waals surface area contributed by atoms with E-state index in [0.717, 1.165) is 5.56 Å². The lowest BCUT2D eigenvalue weighted by Gasteiger charge is -2.17. The van der Waals surface area contributed by atoms with Crippen molar-refractivity contribution in [2.75, 3.05) is 19.8 Å². The normalized spacial score (nSPS) is 10.5. The Balaban J connectivity index is 2.23. The van der Waals surface area contributed by atoms with Gasteiger partial charge in [-0.1, -0.05) is 30.3 Å². The Labute approximate surface area is 113 Å². The van der Waals surface area contributed by atoms with Gasteiger partial charge in [0.25, 0.3) is 0 Å². The molecule has 5 nitrogen and oxygen atoms in total. The molecule has 1 aromatic carbocycles. The number of carbonyl (C=O) groups excluding carboxylic acids is 1. The molecule has 0 atom stereocenters. The Morgan fingerprint density at radius 3 is 2.37 bits per heavy atom. The van der Waals surface area contributed by atoms with Gasteiger partial charge in [-0.05, 0) is 19.4 Å². The third-order valence-corrected chi connectivity index (χ3v) is 2.33. The Hall–Kier alpha value is -1.59. The molecule has 0 fully saturated rings. The van der Waals surface area contributed by atoms with Gasteiger partial charge in [0.05, 0.1) is 6.54 Å². The topological polar surface area (TPSA) is 56.8 Å². The second-order valence-corrected chi connectivity index (χ2v) is 3.78. The number of ether oxygens (including phenoxy) is 3. The number of hydrogen-bond donors (Lipinski definition) is 1. The molecule has 0 unspecified atom stereocenters. The van der Waals surface area contributed by atoms with Gasteiger partial charge in [-0.25, -0.2) is 4.79 Å². The Kier molecular flexibility index (Phi) is 7.62. The van der Waals surface area contributed by atoms with Gasteiger partial charge >= 0.3 is 6.09 Å². The van der Waals surface area contributed by atoms with Crippen LogP contribution in [0.4, 0.5) is 4.79 Å². The minimum Gasteiger partial charge on any atom is -0.445 e. The highest BCUT2D eigenvalue weighted by Crippen LogP contribution is 2.00. The average molecular weight is 267 g/mol. The lowest BCUT2D eigenvalue weighted by atomic mass is 10.2. The first-order chi connectivity index (χ1) is 9.26. The summed E-state index contributed by atoms with van der Waals surface area (Å²) in [5.74, 6) is 0. The molecule has 0 saturated carbocycles. The number of hydrogen-bond acceptors (Lipinski definition) is 4. The molecule has 0 radical (unpaired) electrons. The van der Waals surface area contributed by atoms with Crippen molar-refractivity contribution in [3.05, 3.63) is 35.9 Å². The van der Waals surface area contributed by atoms with E-state index < -0.39 is 12.4 Å². The first-order valence-electron chi connectivity index (χ1n) is 6.44. The molecule has 0 aliphatic carbocycles. The molecule has 1 rings (SSSR count). The monoisotopic (exact) mass is 267 g/mol. The molecule has 0 aliphatic rings. The van der Waals surface area contributed by atoms with Gasteiger partial charge in [-0.3, -0.25) is 0 Å². The third kappa shape index (κ3) is 6.79. The van der Waals surface area contributed by atoms with Gasteiger partial charge < -0.3 is 19.5 Å². The maximum atomic E-state index is 11.5. The highest BCUT2D eigenvalue weighted by molar-refractivity contribution is 5.67. The van der Waals surface area contributed by atoms with Crippen molar-refractivity contribution >= 4 is 6.09 Å². The van der Waals surface area contributed by atoms with Crippen molar-refractivity contribution in [2.45, 2.75) is 26.7 Å². The second-order valence-electron chi connectivity index (χ2n) is 3.78. The van der Waals surface area contributed by atoms with Crippen molar-refractivity contribution in [3.63, 3.8) is 0 Å². The maximum absolute atomic E-state index is 11.5. The summed E-state index contributed by atoms with van der Waals surface area (Å²) in [6.07, 6.45) is -0.910. The summed E-state index contributed by atoms with van der Waals surface area (Å²) in [5, 5.41) is 2.61. The average Bonchev–Trinajstić information content (AvgIpc) is 2.44. The SMILES string of the molecule is CCOC(CNC(=O)OCc1ccccc1)OCC. The first-order valence-corrected chi connectivity index (χ1v) is 6.44. The standard InChI is InChI=1S/C14H21NO4/c1-3-17-13(18-4-2)10-15-14(16)19-11-12-8-6-5-7-9-12/h5-9,13H,3-4,10-11H2,1-2H3,(H,15,16). The van der Waals surface area contributed by atoms with E-state index in [1.54, 1.807) is 0 Å². The molecule has 5 heteroatoms. The van der Waals surface area contributed by atoms with Crippen LogP contribution in [0.3, 0.4) is 0 Å². The lowest BCUT2D eigenvalue weighted by molar-refractivity contribution is -0.132. The number of alkyl carbamates (subject to hydrolysis) is 1. The van der Waals surface area contributed by atoms with Gasteiger partial charge in [0.1, 0.15) is 6.61 Å².